The van der Waals surface area contributed by atoms with Gasteiger partial charge in [-0.05, 0) is 13.8 Å². The molecule has 5 nitrogen and oxygen atoms in total. The summed E-state index contributed by atoms with van der Waals surface area (Å²) in [6, 6.07) is 0. The number of aryl methyl sites for hydroxylation is 2. The lowest BCUT2D eigenvalue weighted by molar-refractivity contribution is 0.280. The Labute approximate surface area is 89.4 Å². The van der Waals surface area contributed by atoms with E-state index in [1.54, 1.807) is 6.20 Å². The van der Waals surface area contributed by atoms with Gasteiger partial charge in [-0.25, -0.2) is 4.98 Å². The SMILES string of the molecule is Cc1cnc(C)c(N(CCO)CCO)n1. The Morgan fingerprint density at radius 2 is 1.80 bits per heavy atom. The van der Waals surface area contributed by atoms with Crippen LogP contribution in [0.15, 0.2) is 6.20 Å². The Morgan fingerprint density at radius 1 is 1.20 bits per heavy atom. The zero-order valence-corrected chi connectivity index (χ0v) is 9.14. The fourth-order valence-electron chi connectivity index (χ4n) is 1.39. The molecule has 1 aromatic heterocycles. The average molecular weight is 211 g/mol. The molecule has 0 aliphatic carbocycles. The number of hydrogen-bond acceptors (Lipinski definition) is 5. The van der Waals surface area contributed by atoms with Gasteiger partial charge in [-0.15, -0.1) is 0 Å². The first-order valence-corrected chi connectivity index (χ1v) is 4.96. The van der Waals surface area contributed by atoms with Crippen molar-refractivity contribution >= 4 is 5.82 Å². The molecule has 0 amide bonds. The molecule has 0 saturated heterocycles. The molecule has 0 atom stereocenters. The monoisotopic (exact) mass is 211 g/mol. The normalized spacial score (nSPS) is 10.4. The molecule has 1 heterocycles. The lowest BCUT2D eigenvalue weighted by Crippen LogP contribution is -2.31. The lowest BCUT2D eigenvalue weighted by atomic mass is 10.3. The van der Waals surface area contributed by atoms with Crippen molar-refractivity contribution in [3.05, 3.63) is 17.6 Å². The minimum absolute atomic E-state index is 0.0368. The first kappa shape index (κ1) is 11.9. The molecule has 1 aromatic rings. The molecule has 0 aliphatic heterocycles. The van der Waals surface area contributed by atoms with Gasteiger partial charge in [-0.2, -0.15) is 0 Å². The lowest BCUT2D eigenvalue weighted by Gasteiger charge is -2.23. The van der Waals surface area contributed by atoms with E-state index in [0.717, 1.165) is 17.2 Å². The Hall–Kier alpha value is -1.20. The van der Waals surface area contributed by atoms with Crippen LogP contribution in [0.4, 0.5) is 5.82 Å². The second-order valence-corrected chi connectivity index (χ2v) is 3.35. The molecule has 5 heteroatoms. The molecule has 2 N–H and O–H groups in total. The zero-order valence-electron chi connectivity index (χ0n) is 9.14. The smallest absolute Gasteiger partial charge is 0.150 e. The van der Waals surface area contributed by atoms with Crippen LogP contribution < -0.4 is 4.90 Å². The van der Waals surface area contributed by atoms with Crippen LogP contribution in [0.1, 0.15) is 11.4 Å². The molecular weight excluding hydrogens is 194 g/mol. The second kappa shape index (κ2) is 5.63. The Kier molecular flexibility index (Phi) is 4.45. The van der Waals surface area contributed by atoms with Crippen molar-refractivity contribution < 1.29 is 10.2 Å². The van der Waals surface area contributed by atoms with E-state index >= 15 is 0 Å². The molecule has 0 saturated carbocycles. The highest BCUT2D eigenvalue weighted by Crippen LogP contribution is 2.14. The minimum atomic E-state index is 0.0368. The van der Waals surface area contributed by atoms with Crippen LogP contribution in [0.25, 0.3) is 0 Å². The van der Waals surface area contributed by atoms with Gasteiger partial charge in [0.15, 0.2) is 0 Å². The maximum absolute atomic E-state index is 8.91. The van der Waals surface area contributed by atoms with Crippen molar-refractivity contribution in [1.82, 2.24) is 9.97 Å². The van der Waals surface area contributed by atoms with Crippen molar-refractivity contribution in [3.63, 3.8) is 0 Å². The number of aliphatic hydroxyl groups excluding tert-OH is 2. The van der Waals surface area contributed by atoms with Crippen molar-refractivity contribution in [1.29, 1.82) is 0 Å². The van der Waals surface area contributed by atoms with Crippen molar-refractivity contribution in [2.45, 2.75) is 13.8 Å². The van der Waals surface area contributed by atoms with Gasteiger partial charge in [0.2, 0.25) is 0 Å². The summed E-state index contributed by atoms with van der Waals surface area (Å²) < 4.78 is 0. The summed E-state index contributed by atoms with van der Waals surface area (Å²) in [7, 11) is 0. The highest BCUT2D eigenvalue weighted by Gasteiger charge is 2.10. The summed E-state index contributed by atoms with van der Waals surface area (Å²) in [5, 5.41) is 17.8. The highest BCUT2D eigenvalue weighted by molar-refractivity contribution is 5.43. The fraction of sp³-hybridized carbons (Fsp3) is 0.600. The van der Waals surface area contributed by atoms with E-state index in [2.05, 4.69) is 9.97 Å². The molecule has 0 unspecified atom stereocenters. The number of nitrogens with zero attached hydrogens (tertiary/aromatic N) is 3. The standard InChI is InChI=1S/C10H17N3O2/c1-8-7-11-9(2)10(12-8)13(3-5-14)4-6-15/h7,14-15H,3-6H2,1-2H3. The molecule has 15 heavy (non-hydrogen) atoms. The third kappa shape index (κ3) is 3.14. The fourth-order valence-corrected chi connectivity index (χ4v) is 1.39. The first-order chi connectivity index (χ1) is 7.19. The summed E-state index contributed by atoms with van der Waals surface area (Å²) in [5.41, 5.74) is 1.64. The van der Waals surface area contributed by atoms with Crippen LogP contribution >= 0.6 is 0 Å². The van der Waals surface area contributed by atoms with Gasteiger partial charge in [0, 0.05) is 19.3 Å². The summed E-state index contributed by atoms with van der Waals surface area (Å²) in [6.45, 7) is 4.72. The number of anilines is 1. The van der Waals surface area contributed by atoms with Gasteiger partial charge in [-0.1, -0.05) is 0 Å². The Balaban J connectivity index is 2.93. The van der Waals surface area contributed by atoms with Crippen molar-refractivity contribution in [2.24, 2.45) is 0 Å². The average Bonchev–Trinajstić information content (AvgIpc) is 2.21. The topological polar surface area (TPSA) is 69.5 Å². The predicted molar refractivity (Wildman–Crippen MR) is 57.9 cm³/mol. The van der Waals surface area contributed by atoms with Gasteiger partial charge in [0.05, 0.1) is 24.6 Å². The number of aromatic nitrogens is 2. The quantitative estimate of drug-likeness (QED) is 0.711. The van der Waals surface area contributed by atoms with E-state index in [0.29, 0.717) is 13.1 Å². The molecule has 0 fully saturated rings. The van der Waals surface area contributed by atoms with Crippen LogP contribution in [0, 0.1) is 13.8 Å². The highest BCUT2D eigenvalue weighted by atomic mass is 16.3. The molecule has 0 bridgehead atoms. The maximum atomic E-state index is 8.91. The van der Waals surface area contributed by atoms with E-state index < -0.39 is 0 Å². The predicted octanol–water partition coefficient (Wildman–Crippen LogP) is -0.116. The zero-order chi connectivity index (χ0) is 11.3. The van der Waals surface area contributed by atoms with Crippen LogP contribution in [-0.4, -0.2) is 46.5 Å². The van der Waals surface area contributed by atoms with Crippen molar-refractivity contribution in [3.8, 4) is 0 Å². The van der Waals surface area contributed by atoms with E-state index in [1.165, 1.54) is 0 Å². The molecule has 0 spiro atoms. The van der Waals surface area contributed by atoms with Gasteiger partial charge in [-0.3, -0.25) is 4.98 Å². The van der Waals surface area contributed by atoms with Crippen LogP contribution in [-0.2, 0) is 0 Å². The summed E-state index contributed by atoms with van der Waals surface area (Å²) in [6.07, 6.45) is 1.70. The third-order valence-electron chi connectivity index (χ3n) is 2.09. The van der Waals surface area contributed by atoms with E-state index in [1.807, 2.05) is 18.7 Å². The number of aliphatic hydroxyl groups is 2. The van der Waals surface area contributed by atoms with Gasteiger partial charge < -0.3 is 15.1 Å². The van der Waals surface area contributed by atoms with E-state index in [-0.39, 0.29) is 13.2 Å². The molecule has 0 aliphatic rings. The van der Waals surface area contributed by atoms with Crippen molar-refractivity contribution in [2.75, 3.05) is 31.2 Å². The summed E-state index contributed by atoms with van der Waals surface area (Å²) >= 11 is 0. The summed E-state index contributed by atoms with van der Waals surface area (Å²) in [5.74, 6) is 0.734. The third-order valence-corrected chi connectivity index (χ3v) is 2.09. The van der Waals surface area contributed by atoms with Crippen LogP contribution in [0.3, 0.4) is 0 Å². The number of rotatable bonds is 5. The minimum Gasteiger partial charge on any atom is -0.395 e. The molecule has 84 valence electrons. The Bertz CT molecular complexity index is 312. The summed E-state index contributed by atoms with van der Waals surface area (Å²) in [4.78, 5) is 10.4. The van der Waals surface area contributed by atoms with Gasteiger partial charge in [0.1, 0.15) is 5.82 Å². The molecule has 0 radical (unpaired) electrons. The largest absolute Gasteiger partial charge is 0.395 e. The van der Waals surface area contributed by atoms with Gasteiger partial charge in [0.25, 0.3) is 0 Å². The molecule has 1 rings (SSSR count). The van der Waals surface area contributed by atoms with Crippen LogP contribution in [0.2, 0.25) is 0 Å². The molecule has 0 aromatic carbocycles. The van der Waals surface area contributed by atoms with E-state index in [9.17, 15) is 0 Å². The maximum Gasteiger partial charge on any atom is 0.150 e. The van der Waals surface area contributed by atoms with Crippen LogP contribution in [0.5, 0.6) is 0 Å². The number of hydrogen-bond donors (Lipinski definition) is 2. The second-order valence-electron chi connectivity index (χ2n) is 3.35. The van der Waals surface area contributed by atoms with Gasteiger partial charge >= 0.3 is 0 Å². The molecular formula is C10H17N3O2. The van der Waals surface area contributed by atoms with E-state index in [4.69, 9.17) is 10.2 Å². The first-order valence-electron chi connectivity index (χ1n) is 4.96. The Morgan fingerprint density at radius 3 is 2.33 bits per heavy atom.